The molecule has 20 heavy (non-hydrogen) atoms. The van der Waals surface area contributed by atoms with Crippen molar-refractivity contribution in [3.63, 3.8) is 0 Å². The number of aliphatic hydroxyl groups is 1. The Bertz CT molecular complexity index is 409. The highest BCUT2D eigenvalue weighted by atomic mass is 16.3. The fourth-order valence-corrected chi connectivity index (χ4v) is 3.25. The van der Waals surface area contributed by atoms with E-state index in [9.17, 15) is 5.11 Å². The average molecular weight is 276 g/mol. The summed E-state index contributed by atoms with van der Waals surface area (Å²) in [6.07, 6.45) is 0. The van der Waals surface area contributed by atoms with Gasteiger partial charge in [-0.3, -0.25) is 9.80 Å². The van der Waals surface area contributed by atoms with Crippen molar-refractivity contribution in [3.8, 4) is 0 Å². The Labute approximate surface area is 123 Å². The second kappa shape index (κ2) is 6.70. The second-order valence-electron chi connectivity index (χ2n) is 6.30. The SMILES string of the molecule is CCN1CCN(CC(C)(CO)c2ccccc2)CC1C. The average Bonchev–Trinajstić information content (AvgIpc) is 2.48. The molecule has 2 unspecified atom stereocenters. The number of benzene rings is 1. The molecule has 1 aromatic rings. The molecule has 0 amide bonds. The van der Waals surface area contributed by atoms with Crippen LogP contribution in [0, 0.1) is 0 Å². The van der Waals surface area contributed by atoms with Gasteiger partial charge in [-0.05, 0) is 19.0 Å². The second-order valence-corrected chi connectivity index (χ2v) is 6.30. The van der Waals surface area contributed by atoms with Gasteiger partial charge in [-0.1, -0.05) is 44.2 Å². The zero-order chi connectivity index (χ0) is 14.6. The highest BCUT2D eigenvalue weighted by Crippen LogP contribution is 2.25. The lowest BCUT2D eigenvalue weighted by atomic mass is 9.82. The molecule has 0 bridgehead atoms. The monoisotopic (exact) mass is 276 g/mol. The maximum atomic E-state index is 9.90. The number of rotatable bonds is 5. The maximum absolute atomic E-state index is 9.90. The first kappa shape index (κ1) is 15.5. The maximum Gasteiger partial charge on any atom is 0.0537 e. The molecule has 0 aromatic heterocycles. The third-order valence-corrected chi connectivity index (χ3v) is 4.65. The smallest absolute Gasteiger partial charge is 0.0537 e. The molecule has 0 spiro atoms. The van der Waals surface area contributed by atoms with Crippen LogP contribution in [-0.4, -0.2) is 60.3 Å². The van der Waals surface area contributed by atoms with Crippen LogP contribution < -0.4 is 0 Å². The first-order chi connectivity index (χ1) is 9.59. The number of nitrogens with zero attached hydrogens (tertiary/aromatic N) is 2. The van der Waals surface area contributed by atoms with Crippen molar-refractivity contribution < 1.29 is 5.11 Å². The molecule has 1 heterocycles. The first-order valence-corrected chi connectivity index (χ1v) is 7.72. The first-order valence-electron chi connectivity index (χ1n) is 7.72. The molecule has 112 valence electrons. The normalized spacial score (nSPS) is 24.5. The summed E-state index contributed by atoms with van der Waals surface area (Å²) >= 11 is 0. The summed E-state index contributed by atoms with van der Waals surface area (Å²) in [4.78, 5) is 5.02. The Morgan fingerprint density at radius 2 is 1.95 bits per heavy atom. The van der Waals surface area contributed by atoms with E-state index in [1.165, 1.54) is 5.56 Å². The molecule has 1 saturated heterocycles. The molecular weight excluding hydrogens is 248 g/mol. The standard InChI is InChI=1S/C17H28N2O/c1-4-19-11-10-18(12-15(19)2)13-17(3,14-20)16-8-6-5-7-9-16/h5-9,15,20H,4,10-14H2,1-3H3. The topological polar surface area (TPSA) is 26.7 Å². The lowest BCUT2D eigenvalue weighted by Crippen LogP contribution is -2.54. The van der Waals surface area contributed by atoms with E-state index >= 15 is 0 Å². The Kier molecular flexibility index (Phi) is 5.19. The fraction of sp³-hybridized carbons (Fsp3) is 0.647. The summed E-state index contributed by atoms with van der Waals surface area (Å²) in [7, 11) is 0. The fourth-order valence-electron chi connectivity index (χ4n) is 3.25. The van der Waals surface area contributed by atoms with Crippen LogP contribution in [0.15, 0.2) is 30.3 Å². The summed E-state index contributed by atoms with van der Waals surface area (Å²) in [5, 5.41) is 9.90. The van der Waals surface area contributed by atoms with Gasteiger partial charge in [0.15, 0.2) is 0 Å². The van der Waals surface area contributed by atoms with Crippen molar-refractivity contribution in [2.24, 2.45) is 0 Å². The van der Waals surface area contributed by atoms with E-state index in [4.69, 9.17) is 0 Å². The van der Waals surface area contributed by atoms with Crippen molar-refractivity contribution >= 4 is 0 Å². The van der Waals surface area contributed by atoms with E-state index in [0.29, 0.717) is 6.04 Å². The molecule has 3 heteroatoms. The van der Waals surface area contributed by atoms with Crippen molar-refractivity contribution in [1.29, 1.82) is 0 Å². The van der Waals surface area contributed by atoms with Gasteiger partial charge in [-0.25, -0.2) is 0 Å². The van der Waals surface area contributed by atoms with E-state index in [-0.39, 0.29) is 12.0 Å². The summed E-state index contributed by atoms with van der Waals surface area (Å²) in [5.41, 5.74) is 1.06. The van der Waals surface area contributed by atoms with Crippen LogP contribution in [0.4, 0.5) is 0 Å². The number of piperazine rings is 1. The minimum absolute atomic E-state index is 0.171. The quantitative estimate of drug-likeness (QED) is 0.890. The molecule has 0 aliphatic carbocycles. The van der Waals surface area contributed by atoms with Crippen molar-refractivity contribution in [1.82, 2.24) is 9.80 Å². The highest BCUT2D eigenvalue weighted by molar-refractivity contribution is 5.25. The molecule has 2 atom stereocenters. The third kappa shape index (κ3) is 3.40. The van der Waals surface area contributed by atoms with Gasteiger partial charge in [0.25, 0.3) is 0 Å². The summed E-state index contributed by atoms with van der Waals surface area (Å²) in [5.74, 6) is 0. The van der Waals surface area contributed by atoms with Gasteiger partial charge in [0.1, 0.15) is 0 Å². The summed E-state index contributed by atoms with van der Waals surface area (Å²) in [6.45, 7) is 12.3. The molecular formula is C17H28N2O. The third-order valence-electron chi connectivity index (χ3n) is 4.65. The minimum Gasteiger partial charge on any atom is -0.395 e. The summed E-state index contributed by atoms with van der Waals surface area (Å²) < 4.78 is 0. The van der Waals surface area contributed by atoms with Crippen LogP contribution in [0.5, 0.6) is 0 Å². The predicted molar refractivity (Wildman–Crippen MR) is 84.0 cm³/mol. The number of aliphatic hydroxyl groups excluding tert-OH is 1. The summed E-state index contributed by atoms with van der Waals surface area (Å²) in [6, 6.07) is 11.0. The zero-order valence-electron chi connectivity index (χ0n) is 13.0. The Hall–Kier alpha value is -0.900. The molecule has 0 radical (unpaired) electrons. The highest BCUT2D eigenvalue weighted by Gasteiger charge is 2.31. The van der Waals surface area contributed by atoms with Gasteiger partial charge < -0.3 is 5.11 Å². The van der Waals surface area contributed by atoms with Gasteiger partial charge in [0.2, 0.25) is 0 Å². The zero-order valence-corrected chi connectivity index (χ0v) is 13.0. The van der Waals surface area contributed by atoms with Crippen LogP contribution in [0.25, 0.3) is 0 Å². The van der Waals surface area contributed by atoms with Crippen molar-refractivity contribution in [2.75, 3.05) is 39.3 Å². The lowest BCUT2D eigenvalue weighted by molar-refractivity contribution is 0.0606. The van der Waals surface area contributed by atoms with E-state index < -0.39 is 0 Å². The molecule has 3 nitrogen and oxygen atoms in total. The Morgan fingerprint density at radius 3 is 2.50 bits per heavy atom. The minimum atomic E-state index is -0.171. The van der Waals surface area contributed by atoms with Gasteiger partial charge in [0, 0.05) is 37.6 Å². The Balaban J connectivity index is 2.04. The molecule has 2 rings (SSSR count). The lowest BCUT2D eigenvalue weighted by Gasteiger charge is -2.43. The van der Waals surface area contributed by atoms with E-state index in [1.807, 2.05) is 6.07 Å². The van der Waals surface area contributed by atoms with Crippen molar-refractivity contribution in [2.45, 2.75) is 32.2 Å². The van der Waals surface area contributed by atoms with E-state index in [2.05, 4.69) is 54.8 Å². The van der Waals surface area contributed by atoms with E-state index in [1.54, 1.807) is 0 Å². The van der Waals surface area contributed by atoms with Crippen molar-refractivity contribution in [3.05, 3.63) is 35.9 Å². The molecule has 1 aliphatic heterocycles. The van der Waals surface area contributed by atoms with Crippen LogP contribution in [0.2, 0.25) is 0 Å². The van der Waals surface area contributed by atoms with Gasteiger partial charge in [-0.2, -0.15) is 0 Å². The number of hydrogen-bond acceptors (Lipinski definition) is 3. The molecule has 1 aliphatic rings. The molecule has 1 N–H and O–H groups in total. The molecule has 1 aromatic carbocycles. The molecule has 0 saturated carbocycles. The van der Waals surface area contributed by atoms with Gasteiger partial charge in [0.05, 0.1) is 6.61 Å². The van der Waals surface area contributed by atoms with Gasteiger partial charge in [-0.15, -0.1) is 0 Å². The number of hydrogen-bond donors (Lipinski definition) is 1. The van der Waals surface area contributed by atoms with Crippen LogP contribution in [0.3, 0.4) is 0 Å². The van der Waals surface area contributed by atoms with Gasteiger partial charge >= 0.3 is 0 Å². The van der Waals surface area contributed by atoms with Crippen LogP contribution >= 0.6 is 0 Å². The van der Waals surface area contributed by atoms with E-state index in [0.717, 1.165) is 32.7 Å². The van der Waals surface area contributed by atoms with Crippen LogP contribution in [0.1, 0.15) is 26.3 Å². The molecule has 1 fully saturated rings. The predicted octanol–water partition coefficient (Wildman–Crippen LogP) is 1.96. The number of likely N-dealkylation sites (N-methyl/N-ethyl adjacent to an activating group) is 1. The largest absolute Gasteiger partial charge is 0.395 e. The van der Waals surface area contributed by atoms with Crippen LogP contribution in [-0.2, 0) is 5.41 Å². The Morgan fingerprint density at radius 1 is 1.25 bits per heavy atom.